The highest BCUT2D eigenvalue weighted by Crippen LogP contribution is 2.27. The Bertz CT molecular complexity index is 1640. The van der Waals surface area contributed by atoms with Crippen molar-refractivity contribution in [2.45, 2.75) is 44.7 Å². The first-order chi connectivity index (χ1) is 21.1. The Morgan fingerprint density at radius 3 is 1.95 bits per heavy atom. The molecule has 0 saturated heterocycles. The average Bonchev–Trinajstić information content (AvgIpc) is 3.03. The molecule has 0 fully saturated rings. The topological polar surface area (TPSA) is 96.0 Å². The van der Waals surface area contributed by atoms with Gasteiger partial charge >= 0.3 is 0 Å². The highest BCUT2D eigenvalue weighted by Gasteiger charge is 2.34. The molecular formula is C35H39N3O5S. The van der Waals surface area contributed by atoms with Gasteiger partial charge in [0.05, 0.1) is 17.2 Å². The second-order valence-electron chi connectivity index (χ2n) is 10.6. The quantitative estimate of drug-likeness (QED) is 0.221. The highest BCUT2D eigenvalue weighted by atomic mass is 32.2. The van der Waals surface area contributed by atoms with E-state index in [1.807, 2.05) is 75.4 Å². The fourth-order valence-electron chi connectivity index (χ4n) is 4.85. The summed E-state index contributed by atoms with van der Waals surface area (Å²) in [5, 5.41) is 2.70. The molecule has 0 unspecified atom stereocenters. The molecule has 44 heavy (non-hydrogen) atoms. The zero-order chi connectivity index (χ0) is 31.7. The Kier molecular flexibility index (Phi) is 10.8. The molecule has 0 saturated carbocycles. The van der Waals surface area contributed by atoms with E-state index < -0.39 is 28.5 Å². The summed E-state index contributed by atoms with van der Waals surface area (Å²) in [5.74, 6) is -0.276. The molecule has 0 aliphatic heterocycles. The van der Waals surface area contributed by atoms with Gasteiger partial charge in [0.15, 0.2) is 0 Å². The third kappa shape index (κ3) is 8.05. The Morgan fingerprint density at radius 1 is 0.795 bits per heavy atom. The largest absolute Gasteiger partial charge is 0.494 e. The molecule has 0 aromatic heterocycles. The minimum atomic E-state index is -4.17. The van der Waals surface area contributed by atoms with Gasteiger partial charge in [-0.25, -0.2) is 8.42 Å². The number of carbonyl (C=O) groups is 2. The molecule has 0 aliphatic carbocycles. The Labute approximate surface area is 260 Å². The summed E-state index contributed by atoms with van der Waals surface area (Å²) >= 11 is 0. The monoisotopic (exact) mass is 613 g/mol. The molecule has 9 heteroatoms. The number of nitrogens with one attached hydrogen (secondary N) is 1. The number of rotatable bonds is 13. The van der Waals surface area contributed by atoms with Crippen LogP contribution in [0.15, 0.2) is 108 Å². The van der Waals surface area contributed by atoms with Gasteiger partial charge in [-0.15, -0.1) is 0 Å². The van der Waals surface area contributed by atoms with Crippen molar-refractivity contribution in [3.05, 3.63) is 125 Å². The van der Waals surface area contributed by atoms with Crippen molar-refractivity contribution in [2.75, 3.05) is 24.5 Å². The van der Waals surface area contributed by atoms with E-state index in [0.717, 1.165) is 26.6 Å². The maximum atomic E-state index is 14.4. The van der Waals surface area contributed by atoms with Crippen molar-refractivity contribution in [2.24, 2.45) is 0 Å². The lowest BCUT2D eigenvalue weighted by Crippen LogP contribution is -2.53. The van der Waals surface area contributed by atoms with E-state index in [1.54, 1.807) is 36.4 Å². The fourth-order valence-corrected chi connectivity index (χ4v) is 6.27. The second kappa shape index (κ2) is 14.7. The number of nitrogens with zero attached hydrogens (tertiary/aromatic N) is 2. The number of carbonyl (C=O) groups excluding carboxylic acids is 2. The summed E-state index contributed by atoms with van der Waals surface area (Å²) in [6.07, 6.45) is 0.256. The van der Waals surface area contributed by atoms with Crippen LogP contribution in [-0.2, 0) is 32.6 Å². The van der Waals surface area contributed by atoms with Crippen molar-refractivity contribution in [3.63, 3.8) is 0 Å². The van der Waals surface area contributed by atoms with Gasteiger partial charge in [0.2, 0.25) is 11.8 Å². The fraction of sp³-hybridized carbons (Fsp3) is 0.257. The van der Waals surface area contributed by atoms with E-state index in [2.05, 4.69) is 5.32 Å². The maximum Gasteiger partial charge on any atom is 0.264 e. The third-order valence-electron chi connectivity index (χ3n) is 7.31. The summed E-state index contributed by atoms with van der Waals surface area (Å²) in [4.78, 5) is 29.3. The number of aryl methyl sites for hydroxylation is 2. The standard InChI is InChI=1S/C35H39N3O5S/c1-5-43-31-19-17-30(18-20-31)38(44(41,42)32-21-13-27(3)14-22-32)25-34(39)37(24-29-15-11-26(2)12-16-29)33(35(40)36-4)23-28-9-7-6-8-10-28/h6-22,33H,5,23-25H2,1-4H3,(H,36,40)/t33-/m1/s1. The summed E-state index contributed by atoms with van der Waals surface area (Å²) in [5.41, 5.74) is 3.96. The van der Waals surface area contributed by atoms with E-state index in [0.29, 0.717) is 18.0 Å². The molecule has 0 spiro atoms. The lowest BCUT2D eigenvalue weighted by Gasteiger charge is -2.33. The van der Waals surface area contributed by atoms with Crippen LogP contribution in [0.4, 0.5) is 5.69 Å². The third-order valence-corrected chi connectivity index (χ3v) is 9.10. The van der Waals surface area contributed by atoms with E-state index in [-0.39, 0.29) is 23.8 Å². The molecule has 1 atom stereocenters. The predicted octanol–water partition coefficient (Wildman–Crippen LogP) is 5.28. The minimum absolute atomic E-state index is 0.0574. The minimum Gasteiger partial charge on any atom is -0.494 e. The first kappa shape index (κ1) is 32.3. The molecule has 4 rings (SSSR count). The molecule has 0 aliphatic rings. The molecule has 0 heterocycles. The van der Waals surface area contributed by atoms with E-state index >= 15 is 0 Å². The molecule has 4 aromatic rings. The van der Waals surface area contributed by atoms with Gasteiger partial charge in [-0.05, 0) is 68.3 Å². The van der Waals surface area contributed by atoms with E-state index in [1.165, 1.54) is 24.1 Å². The van der Waals surface area contributed by atoms with Crippen LogP contribution in [0.1, 0.15) is 29.2 Å². The summed E-state index contributed by atoms with van der Waals surface area (Å²) < 4.78 is 34.9. The number of hydrogen-bond acceptors (Lipinski definition) is 5. The van der Waals surface area contributed by atoms with Gasteiger partial charge in [0.25, 0.3) is 10.0 Å². The zero-order valence-corrected chi connectivity index (χ0v) is 26.4. The van der Waals surface area contributed by atoms with Gasteiger partial charge in [-0.1, -0.05) is 77.9 Å². The molecule has 0 radical (unpaired) electrons. The van der Waals surface area contributed by atoms with Crippen molar-refractivity contribution in [3.8, 4) is 5.75 Å². The SMILES string of the molecule is CCOc1ccc(N(CC(=O)N(Cc2ccc(C)cc2)[C@H](Cc2ccccc2)C(=O)NC)S(=O)(=O)c2ccc(C)cc2)cc1. The Hall–Kier alpha value is -4.63. The van der Waals surface area contributed by atoms with Gasteiger partial charge < -0.3 is 15.0 Å². The van der Waals surface area contributed by atoms with Crippen LogP contribution in [-0.4, -0.2) is 51.4 Å². The Balaban J connectivity index is 1.78. The number of likely N-dealkylation sites (N-methyl/N-ethyl adjacent to an activating group) is 1. The molecule has 8 nitrogen and oxygen atoms in total. The van der Waals surface area contributed by atoms with Crippen molar-refractivity contribution >= 4 is 27.5 Å². The summed E-state index contributed by atoms with van der Waals surface area (Å²) in [7, 11) is -2.64. The maximum absolute atomic E-state index is 14.4. The molecular weight excluding hydrogens is 574 g/mol. The summed E-state index contributed by atoms with van der Waals surface area (Å²) in [6, 6.07) is 29.4. The summed E-state index contributed by atoms with van der Waals surface area (Å²) in [6.45, 7) is 5.77. The second-order valence-corrected chi connectivity index (χ2v) is 12.4. The normalized spacial score (nSPS) is 11.8. The lowest BCUT2D eigenvalue weighted by atomic mass is 10.0. The molecule has 2 amide bonds. The van der Waals surface area contributed by atoms with Crippen molar-refractivity contribution in [1.29, 1.82) is 0 Å². The van der Waals surface area contributed by atoms with Crippen LogP contribution in [0.5, 0.6) is 5.75 Å². The van der Waals surface area contributed by atoms with Crippen molar-refractivity contribution < 1.29 is 22.7 Å². The predicted molar refractivity (Wildman–Crippen MR) is 173 cm³/mol. The van der Waals surface area contributed by atoms with Crippen LogP contribution < -0.4 is 14.4 Å². The van der Waals surface area contributed by atoms with Crippen LogP contribution in [0.2, 0.25) is 0 Å². The number of anilines is 1. The van der Waals surface area contributed by atoms with Crippen LogP contribution in [0.25, 0.3) is 0 Å². The Morgan fingerprint density at radius 2 is 1.39 bits per heavy atom. The van der Waals surface area contributed by atoms with E-state index in [4.69, 9.17) is 4.74 Å². The van der Waals surface area contributed by atoms with Gasteiger partial charge in [-0.2, -0.15) is 0 Å². The van der Waals surface area contributed by atoms with Crippen molar-refractivity contribution in [1.82, 2.24) is 10.2 Å². The number of amides is 2. The van der Waals surface area contributed by atoms with Gasteiger partial charge in [-0.3, -0.25) is 13.9 Å². The van der Waals surface area contributed by atoms with E-state index in [9.17, 15) is 18.0 Å². The number of hydrogen-bond donors (Lipinski definition) is 1. The number of ether oxygens (including phenoxy) is 1. The molecule has 230 valence electrons. The first-order valence-electron chi connectivity index (χ1n) is 14.5. The smallest absolute Gasteiger partial charge is 0.264 e. The number of sulfonamides is 1. The van der Waals surface area contributed by atoms with Crippen LogP contribution >= 0.6 is 0 Å². The molecule has 1 N–H and O–H groups in total. The van der Waals surface area contributed by atoms with Gasteiger partial charge in [0, 0.05) is 20.0 Å². The van der Waals surface area contributed by atoms with Crippen LogP contribution in [0, 0.1) is 13.8 Å². The lowest BCUT2D eigenvalue weighted by molar-refractivity contribution is -0.139. The van der Waals surface area contributed by atoms with Gasteiger partial charge in [0.1, 0.15) is 18.3 Å². The zero-order valence-electron chi connectivity index (χ0n) is 25.6. The number of benzene rings is 4. The molecule has 4 aromatic carbocycles. The molecule has 0 bridgehead atoms. The first-order valence-corrected chi connectivity index (χ1v) is 16.0. The average molecular weight is 614 g/mol. The van der Waals surface area contributed by atoms with Crippen LogP contribution in [0.3, 0.4) is 0 Å². The highest BCUT2D eigenvalue weighted by molar-refractivity contribution is 7.92.